The van der Waals surface area contributed by atoms with E-state index in [0.29, 0.717) is 32.9 Å². The maximum Gasteiger partial charge on any atom is 0.305 e. The number of amides is 3. The summed E-state index contributed by atoms with van der Waals surface area (Å²) in [5, 5.41) is 4.26. The number of carbonyl (C=O) groups excluding carboxylic acids is 3. The Hall–Kier alpha value is -3.29. The van der Waals surface area contributed by atoms with Crippen LogP contribution in [0, 0.1) is 29.6 Å². The molecule has 48 heavy (non-hydrogen) atoms. The van der Waals surface area contributed by atoms with Crippen LogP contribution < -0.4 is 24.6 Å². The number of aromatic nitrogens is 1. The predicted octanol–water partition coefficient (Wildman–Crippen LogP) is 7.21. The first-order valence-corrected chi connectivity index (χ1v) is 18.5. The molecule has 2 saturated carbocycles. The second-order valence-electron chi connectivity index (χ2n) is 12.3. The molecular weight excluding hydrogens is 761 g/mol. The number of benzene rings is 3. The number of nitrogens with one attached hydrogen (secondary N) is 2. The topological polar surface area (TPSA) is 118 Å². The van der Waals surface area contributed by atoms with E-state index >= 15 is 0 Å². The number of imide groups is 1. The lowest BCUT2D eigenvalue weighted by atomic mass is 9.68. The van der Waals surface area contributed by atoms with Gasteiger partial charge in [0.05, 0.1) is 39.7 Å². The highest BCUT2D eigenvalue weighted by Gasteiger charge is 2.69. The first-order chi connectivity index (χ1) is 23.1. The number of nitrogens with zero attached hydrogens (tertiary/aromatic N) is 1. The fourth-order valence-corrected chi connectivity index (χ4v) is 11.7. The van der Waals surface area contributed by atoms with Gasteiger partial charge in [0.25, 0.3) is 5.91 Å². The zero-order chi connectivity index (χ0) is 33.4. The van der Waals surface area contributed by atoms with Gasteiger partial charge in [-0.05, 0) is 84.8 Å². The van der Waals surface area contributed by atoms with Crippen LogP contribution in [0.4, 0.5) is 11.4 Å². The number of methoxy groups -OCH3 is 1. The number of hydrogen-bond donors (Lipinski definition) is 2. The van der Waals surface area contributed by atoms with Crippen molar-refractivity contribution >= 4 is 91.3 Å². The molecule has 1 saturated heterocycles. The number of rotatable bonds is 7. The highest BCUT2D eigenvalue weighted by Crippen LogP contribution is 2.69. The van der Waals surface area contributed by atoms with Crippen LogP contribution in [0.25, 0.3) is 0 Å². The molecule has 0 spiro atoms. The molecule has 246 valence electrons. The average molecular weight is 788 g/mol. The van der Waals surface area contributed by atoms with Crippen LogP contribution >= 0.6 is 62.2 Å². The number of aromatic amines is 1. The number of thiazole rings is 1. The van der Waals surface area contributed by atoms with Crippen LogP contribution in [0.3, 0.4) is 0 Å². The van der Waals surface area contributed by atoms with Gasteiger partial charge in [-0.3, -0.25) is 24.1 Å². The summed E-state index contributed by atoms with van der Waals surface area (Å²) in [6.07, 6.45) is 0.748. The maximum atomic E-state index is 14.1. The average Bonchev–Trinajstić information content (AvgIpc) is 3.81. The van der Waals surface area contributed by atoms with Gasteiger partial charge in [-0.15, -0.1) is 11.8 Å². The van der Waals surface area contributed by atoms with E-state index in [-0.39, 0.29) is 58.1 Å². The molecule has 2 bridgehead atoms. The van der Waals surface area contributed by atoms with Gasteiger partial charge >= 0.3 is 4.87 Å². The molecule has 2 N–H and O–H groups in total. The minimum atomic E-state index is -0.459. The highest BCUT2D eigenvalue weighted by molar-refractivity contribution is 9.10. The fourth-order valence-electron chi connectivity index (χ4n) is 8.16. The summed E-state index contributed by atoms with van der Waals surface area (Å²) >= 11 is 18.5. The van der Waals surface area contributed by atoms with Crippen LogP contribution in [0.5, 0.6) is 11.5 Å². The Morgan fingerprint density at radius 2 is 1.75 bits per heavy atom. The first-order valence-electron chi connectivity index (χ1n) is 15.2. The van der Waals surface area contributed by atoms with Crippen LogP contribution in [0.1, 0.15) is 22.8 Å². The number of fused-ring (bicyclic) bond motifs is 9. The number of ether oxygens (including phenoxy) is 2. The molecule has 4 aromatic rings. The number of H-pyrrole nitrogens is 1. The van der Waals surface area contributed by atoms with Gasteiger partial charge in [-0.1, -0.05) is 50.5 Å². The van der Waals surface area contributed by atoms with E-state index in [0.717, 1.165) is 37.7 Å². The van der Waals surface area contributed by atoms with E-state index in [2.05, 4.69) is 26.2 Å². The lowest BCUT2D eigenvalue weighted by Crippen LogP contribution is -2.42. The summed E-state index contributed by atoms with van der Waals surface area (Å²) in [6, 6.07) is 17.4. The van der Waals surface area contributed by atoms with Crippen LogP contribution in [-0.4, -0.2) is 41.7 Å². The van der Waals surface area contributed by atoms with E-state index < -0.39 is 11.8 Å². The van der Waals surface area contributed by atoms with Crippen LogP contribution in [0.2, 0.25) is 10.0 Å². The smallest absolute Gasteiger partial charge is 0.305 e. The number of thioether (sulfide) groups is 1. The standard InChI is InChI=1S/C34H26BrCl2N3O6S2/c1-45-17-6-4-16(5-7-17)40-32(42)27-19-12-20(28(27)33(40)43)29-26(19)25(30-31(47-29)39-34(44)48-30)18-10-14(35)2-9-23(18)46-13-24(41)38-15-3-8-21(36)22(37)11-15/h2-11,19-20,25-29H,12-13H2,1H3,(H,38,41)(H,39,44)/t19-,20-,25-,26?,27?,28?,29?/m1/s1. The van der Waals surface area contributed by atoms with Gasteiger partial charge in [0.2, 0.25) is 11.8 Å². The van der Waals surface area contributed by atoms with Crippen molar-refractivity contribution in [3.8, 4) is 11.5 Å². The van der Waals surface area contributed by atoms with Gasteiger partial charge < -0.3 is 19.8 Å². The normalized spacial score (nSPS) is 26.7. The Labute approximate surface area is 301 Å². The Kier molecular flexibility index (Phi) is 8.15. The van der Waals surface area contributed by atoms with Crippen LogP contribution in [-0.2, 0) is 14.4 Å². The van der Waals surface area contributed by atoms with Crippen molar-refractivity contribution < 1.29 is 23.9 Å². The molecule has 2 aliphatic carbocycles. The first kappa shape index (κ1) is 31.9. The zero-order valence-corrected chi connectivity index (χ0v) is 29.8. The van der Waals surface area contributed by atoms with Crippen molar-refractivity contribution in [1.29, 1.82) is 0 Å². The zero-order valence-electron chi connectivity index (χ0n) is 25.1. The van der Waals surface area contributed by atoms with Gasteiger partial charge in [0, 0.05) is 31.8 Å². The molecule has 14 heteroatoms. The Balaban J connectivity index is 1.12. The molecule has 1 aromatic heterocycles. The van der Waals surface area contributed by atoms with Crippen LogP contribution in [0.15, 0.2) is 75.0 Å². The van der Waals surface area contributed by atoms with E-state index in [4.69, 9.17) is 32.7 Å². The number of anilines is 2. The van der Waals surface area contributed by atoms with Gasteiger partial charge in [-0.25, -0.2) is 0 Å². The lowest BCUT2D eigenvalue weighted by Gasteiger charge is -2.43. The van der Waals surface area contributed by atoms with Gasteiger partial charge in [-0.2, -0.15) is 0 Å². The predicted molar refractivity (Wildman–Crippen MR) is 189 cm³/mol. The molecular formula is C34H26BrCl2N3O6S2. The lowest BCUT2D eigenvalue weighted by molar-refractivity contribution is -0.123. The Morgan fingerprint density at radius 1 is 1.00 bits per heavy atom. The third kappa shape index (κ3) is 5.19. The van der Waals surface area contributed by atoms with Crippen molar-refractivity contribution in [2.45, 2.75) is 22.6 Å². The highest BCUT2D eigenvalue weighted by atomic mass is 79.9. The van der Waals surface area contributed by atoms with E-state index in [9.17, 15) is 19.2 Å². The summed E-state index contributed by atoms with van der Waals surface area (Å²) in [5.74, 6) is -0.939. The Bertz CT molecular complexity index is 2050. The largest absolute Gasteiger partial charge is 0.497 e. The molecule has 4 aliphatic rings. The summed E-state index contributed by atoms with van der Waals surface area (Å²) in [4.78, 5) is 58.9. The second-order valence-corrected chi connectivity index (χ2v) is 16.3. The summed E-state index contributed by atoms with van der Waals surface area (Å²) in [5.41, 5.74) is 1.84. The number of halogens is 3. The SMILES string of the molecule is COc1ccc(N2C(=O)C3C(C2=O)[C@@H]2C[C@H]3C3Sc4[nH]c(=O)sc4[C@H](c4cc(Br)ccc4OCC(=O)Nc4ccc(Cl)c(Cl)c4)C32)cc1. The van der Waals surface area contributed by atoms with Crippen molar-refractivity contribution in [1.82, 2.24) is 4.98 Å². The monoisotopic (exact) mass is 785 g/mol. The summed E-state index contributed by atoms with van der Waals surface area (Å²) in [6.45, 7) is -0.277. The molecule has 7 atom stereocenters. The minimum Gasteiger partial charge on any atom is -0.497 e. The molecule has 3 amide bonds. The molecule has 8 rings (SSSR count). The van der Waals surface area contributed by atoms with Crippen molar-refractivity contribution in [3.63, 3.8) is 0 Å². The second kappa shape index (κ2) is 12.2. The summed E-state index contributed by atoms with van der Waals surface area (Å²) < 4.78 is 12.3. The third-order valence-corrected chi connectivity index (χ3v) is 13.7. The number of carbonyl (C=O) groups is 3. The van der Waals surface area contributed by atoms with E-state index in [1.807, 2.05) is 18.2 Å². The molecule has 2 aliphatic heterocycles. The van der Waals surface area contributed by atoms with Gasteiger partial charge in [0.1, 0.15) is 11.5 Å². The van der Waals surface area contributed by atoms with Crippen molar-refractivity contribution in [2.75, 3.05) is 23.9 Å². The van der Waals surface area contributed by atoms with E-state index in [1.165, 1.54) is 4.90 Å². The fraction of sp³-hybridized carbons (Fsp3) is 0.294. The van der Waals surface area contributed by atoms with Crippen molar-refractivity contribution in [2.24, 2.45) is 29.6 Å². The third-order valence-electron chi connectivity index (χ3n) is 9.92. The number of hydrogen-bond acceptors (Lipinski definition) is 8. The quantitative estimate of drug-likeness (QED) is 0.190. The molecule has 3 fully saturated rings. The maximum absolute atomic E-state index is 14.1. The minimum absolute atomic E-state index is 0.00338. The van der Waals surface area contributed by atoms with Crippen molar-refractivity contribution in [3.05, 3.63) is 95.3 Å². The summed E-state index contributed by atoms with van der Waals surface area (Å²) in [7, 11) is 1.57. The molecule has 4 unspecified atom stereocenters. The molecule has 3 heterocycles. The van der Waals surface area contributed by atoms with E-state index in [1.54, 1.807) is 61.3 Å². The Morgan fingerprint density at radius 3 is 2.48 bits per heavy atom. The molecule has 3 aromatic carbocycles. The molecule has 9 nitrogen and oxygen atoms in total. The van der Waals surface area contributed by atoms with Gasteiger partial charge in [0.15, 0.2) is 6.61 Å². The molecule has 0 radical (unpaired) electrons.